The van der Waals surface area contributed by atoms with Gasteiger partial charge < -0.3 is 4.74 Å². The van der Waals surface area contributed by atoms with Crippen molar-refractivity contribution in [2.45, 2.75) is 11.5 Å². The number of thioether (sulfide) groups is 1. The van der Waals surface area contributed by atoms with E-state index in [2.05, 4.69) is 20.9 Å². The van der Waals surface area contributed by atoms with Crippen molar-refractivity contribution in [1.82, 2.24) is 9.38 Å². The van der Waals surface area contributed by atoms with Gasteiger partial charge in [-0.05, 0) is 52.5 Å². The molecule has 2 aromatic heterocycles. The van der Waals surface area contributed by atoms with Crippen LogP contribution >= 0.6 is 39.3 Å². The number of nitrogens with zero attached hydrogens (tertiary/aromatic N) is 2. The van der Waals surface area contributed by atoms with E-state index in [9.17, 15) is 9.59 Å². The number of carbonyl (C=O) groups is 1. The number of carbonyl (C=O) groups excluding carboxylic acids is 1. The lowest BCUT2D eigenvalue weighted by atomic mass is 10.2. The minimum Gasteiger partial charge on any atom is -0.456 e. The van der Waals surface area contributed by atoms with Crippen LogP contribution in [0.25, 0.3) is 5.65 Å². The van der Waals surface area contributed by atoms with Gasteiger partial charge in [-0.2, -0.15) is 0 Å². The van der Waals surface area contributed by atoms with Crippen LogP contribution in [-0.2, 0) is 11.3 Å². The minimum atomic E-state index is -0.557. The van der Waals surface area contributed by atoms with Gasteiger partial charge in [-0.15, -0.1) is 11.8 Å². The lowest BCUT2D eigenvalue weighted by Crippen LogP contribution is -2.16. The molecule has 0 saturated carbocycles. The van der Waals surface area contributed by atoms with Crippen LogP contribution in [0.4, 0.5) is 0 Å². The van der Waals surface area contributed by atoms with E-state index in [1.165, 1.54) is 22.2 Å². The molecule has 0 amide bonds. The molecule has 1 aromatic carbocycles. The van der Waals surface area contributed by atoms with Crippen molar-refractivity contribution in [2.75, 3.05) is 6.26 Å². The first-order chi connectivity index (χ1) is 12.0. The third-order valence-electron chi connectivity index (χ3n) is 3.42. The molecule has 8 heteroatoms. The van der Waals surface area contributed by atoms with E-state index in [4.69, 9.17) is 16.3 Å². The Morgan fingerprint density at radius 3 is 2.88 bits per heavy atom. The Morgan fingerprint density at radius 2 is 2.12 bits per heavy atom. The number of benzene rings is 1. The highest BCUT2D eigenvalue weighted by atomic mass is 79.9. The molecule has 3 rings (SSSR count). The predicted octanol–water partition coefficient (Wildman–Crippen LogP) is 4.19. The maximum absolute atomic E-state index is 12.3. The number of rotatable bonds is 4. The van der Waals surface area contributed by atoms with E-state index in [0.29, 0.717) is 16.4 Å². The number of esters is 1. The van der Waals surface area contributed by atoms with Gasteiger partial charge in [-0.25, -0.2) is 9.78 Å². The molecule has 0 spiro atoms. The molecule has 0 aliphatic carbocycles. The van der Waals surface area contributed by atoms with E-state index in [-0.39, 0.29) is 17.7 Å². The molecular weight excluding hydrogens is 428 g/mol. The number of pyridine rings is 1. The van der Waals surface area contributed by atoms with Crippen LogP contribution in [0.2, 0.25) is 5.02 Å². The second kappa shape index (κ2) is 7.59. The van der Waals surface area contributed by atoms with Crippen LogP contribution in [0.1, 0.15) is 16.1 Å². The predicted molar refractivity (Wildman–Crippen MR) is 102 cm³/mol. The van der Waals surface area contributed by atoms with Crippen LogP contribution in [0, 0.1) is 0 Å². The fraction of sp³-hybridized carbons (Fsp3) is 0.118. The number of ether oxygens (including phenoxy) is 1. The fourth-order valence-corrected chi connectivity index (χ4v) is 3.18. The summed E-state index contributed by atoms with van der Waals surface area (Å²) < 4.78 is 7.45. The third-order valence-corrected chi connectivity index (χ3v) is 4.95. The van der Waals surface area contributed by atoms with E-state index in [1.807, 2.05) is 12.3 Å². The molecule has 0 fully saturated rings. The Labute approximate surface area is 161 Å². The van der Waals surface area contributed by atoms with Gasteiger partial charge in [0.2, 0.25) is 0 Å². The van der Waals surface area contributed by atoms with Gasteiger partial charge in [0.05, 0.1) is 16.3 Å². The third kappa shape index (κ3) is 4.05. The van der Waals surface area contributed by atoms with Crippen LogP contribution in [-0.4, -0.2) is 21.6 Å². The first-order valence-electron chi connectivity index (χ1n) is 7.16. The van der Waals surface area contributed by atoms with Gasteiger partial charge in [0, 0.05) is 21.6 Å². The summed E-state index contributed by atoms with van der Waals surface area (Å²) in [5.74, 6) is -0.557. The number of hydrogen-bond acceptors (Lipinski definition) is 5. The van der Waals surface area contributed by atoms with Gasteiger partial charge in [0.25, 0.3) is 5.56 Å². The molecule has 0 bridgehead atoms. The molecule has 5 nitrogen and oxygen atoms in total. The largest absolute Gasteiger partial charge is 0.456 e. The normalized spacial score (nSPS) is 10.8. The zero-order valence-electron chi connectivity index (χ0n) is 13.0. The molecule has 2 heterocycles. The SMILES string of the molecule is CSc1ccc(Cl)c(C(=O)OCc2cc(=O)n3cc(Br)ccc3n2)c1. The maximum atomic E-state index is 12.3. The Kier molecular flexibility index (Phi) is 5.46. The number of fused-ring (bicyclic) bond motifs is 1. The van der Waals surface area contributed by atoms with E-state index >= 15 is 0 Å². The summed E-state index contributed by atoms with van der Waals surface area (Å²) in [4.78, 5) is 29.6. The van der Waals surface area contributed by atoms with Crippen LogP contribution in [0.15, 0.2) is 56.8 Å². The summed E-state index contributed by atoms with van der Waals surface area (Å²) in [6.45, 7) is -0.111. The van der Waals surface area contributed by atoms with Crippen LogP contribution < -0.4 is 5.56 Å². The summed E-state index contributed by atoms with van der Waals surface area (Å²) in [6.07, 6.45) is 3.54. The molecule has 0 radical (unpaired) electrons. The summed E-state index contributed by atoms with van der Waals surface area (Å²) >= 11 is 10.9. The van der Waals surface area contributed by atoms with Crippen molar-refractivity contribution < 1.29 is 9.53 Å². The Bertz CT molecular complexity index is 1020. The van der Waals surface area contributed by atoms with Crippen molar-refractivity contribution in [3.63, 3.8) is 0 Å². The first kappa shape index (κ1) is 18.0. The van der Waals surface area contributed by atoms with Crippen molar-refractivity contribution in [2.24, 2.45) is 0 Å². The average Bonchev–Trinajstić information content (AvgIpc) is 2.60. The van der Waals surface area contributed by atoms with Crippen LogP contribution in [0.5, 0.6) is 0 Å². The van der Waals surface area contributed by atoms with Gasteiger partial charge >= 0.3 is 5.97 Å². The lowest BCUT2D eigenvalue weighted by Gasteiger charge is -2.08. The molecule has 0 saturated heterocycles. The zero-order chi connectivity index (χ0) is 18.0. The van der Waals surface area contributed by atoms with Gasteiger partial charge in [0.1, 0.15) is 12.3 Å². The number of hydrogen-bond donors (Lipinski definition) is 0. The Balaban J connectivity index is 1.82. The Hall–Kier alpha value is -1.83. The summed E-state index contributed by atoms with van der Waals surface area (Å²) in [7, 11) is 0. The minimum absolute atomic E-state index is 0.111. The molecule has 0 aliphatic heterocycles. The van der Waals surface area contributed by atoms with Gasteiger partial charge in [-0.3, -0.25) is 9.20 Å². The van der Waals surface area contributed by atoms with E-state index < -0.39 is 5.97 Å². The standard InChI is InChI=1S/C17H12BrClN2O3S/c1-25-12-3-4-14(19)13(7-12)17(23)24-9-11-6-16(22)21-8-10(18)2-5-15(21)20-11/h2-8H,9H2,1H3. The highest BCUT2D eigenvalue weighted by Crippen LogP contribution is 2.24. The zero-order valence-corrected chi connectivity index (χ0v) is 16.2. The second-order valence-corrected chi connectivity index (χ2v) is 7.29. The molecule has 25 heavy (non-hydrogen) atoms. The molecule has 3 aromatic rings. The Morgan fingerprint density at radius 1 is 1.32 bits per heavy atom. The van der Waals surface area contributed by atoms with E-state index in [0.717, 1.165) is 9.37 Å². The summed E-state index contributed by atoms with van der Waals surface area (Å²) in [6, 6.07) is 9.99. The highest BCUT2D eigenvalue weighted by molar-refractivity contribution is 9.10. The molecule has 0 aliphatic rings. The summed E-state index contributed by atoms with van der Waals surface area (Å²) in [5, 5.41) is 0.319. The van der Waals surface area contributed by atoms with Crippen molar-refractivity contribution in [1.29, 1.82) is 0 Å². The lowest BCUT2D eigenvalue weighted by molar-refractivity contribution is 0.0467. The number of aromatic nitrogens is 2. The average molecular weight is 440 g/mol. The molecule has 0 unspecified atom stereocenters. The summed E-state index contributed by atoms with van der Waals surface area (Å²) in [5.41, 5.74) is 0.886. The second-order valence-electron chi connectivity index (χ2n) is 5.08. The van der Waals surface area contributed by atoms with Crippen molar-refractivity contribution in [3.05, 3.63) is 73.7 Å². The quantitative estimate of drug-likeness (QED) is 0.451. The molecule has 0 atom stereocenters. The monoisotopic (exact) mass is 438 g/mol. The van der Waals surface area contributed by atoms with Crippen LogP contribution in [0.3, 0.4) is 0 Å². The maximum Gasteiger partial charge on any atom is 0.340 e. The topological polar surface area (TPSA) is 60.7 Å². The van der Waals surface area contributed by atoms with Gasteiger partial charge in [0.15, 0.2) is 0 Å². The highest BCUT2D eigenvalue weighted by Gasteiger charge is 2.14. The van der Waals surface area contributed by atoms with E-state index in [1.54, 1.807) is 30.5 Å². The molecule has 0 N–H and O–H groups in total. The smallest absolute Gasteiger partial charge is 0.340 e. The number of halogens is 2. The molecule has 128 valence electrons. The first-order valence-corrected chi connectivity index (χ1v) is 9.56. The van der Waals surface area contributed by atoms with Crippen molar-refractivity contribution >= 4 is 50.9 Å². The fourth-order valence-electron chi connectivity index (χ4n) is 2.21. The van der Waals surface area contributed by atoms with Gasteiger partial charge in [-0.1, -0.05) is 11.6 Å². The molecular formula is C17H12BrClN2O3S. The van der Waals surface area contributed by atoms with Crippen molar-refractivity contribution in [3.8, 4) is 0 Å².